The van der Waals surface area contributed by atoms with Gasteiger partial charge in [-0.1, -0.05) is 31.4 Å². The molecule has 1 saturated heterocycles. The van der Waals surface area contributed by atoms with E-state index in [1.165, 1.54) is 19.3 Å². The van der Waals surface area contributed by atoms with Crippen molar-refractivity contribution in [2.75, 3.05) is 5.32 Å². The molecule has 130 valence electrons. The minimum Gasteiger partial charge on any atom is -0.399 e. The second-order valence-corrected chi connectivity index (χ2v) is 8.03. The molecule has 0 aromatic heterocycles. The van der Waals surface area contributed by atoms with Crippen molar-refractivity contribution in [1.82, 2.24) is 0 Å². The van der Waals surface area contributed by atoms with Crippen LogP contribution in [0, 0.1) is 5.92 Å². The molecule has 1 aromatic carbocycles. The van der Waals surface area contributed by atoms with Gasteiger partial charge in [0.2, 0.25) is 5.91 Å². The van der Waals surface area contributed by atoms with Gasteiger partial charge >= 0.3 is 7.12 Å². The zero-order valence-corrected chi connectivity index (χ0v) is 15.2. The van der Waals surface area contributed by atoms with Gasteiger partial charge < -0.3 is 14.6 Å². The van der Waals surface area contributed by atoms with Crippen molar-refractivity contribution < 1.29 is 14.1 Å². The summed E-state index contributed by atoms with van der Waals surface area (Å²) in [5.74, 6) is 0.319. The maximum Gasteiger partial charge on any atom is 0.494 e. The molecule has 1 aromatic rings. The molecule has 1 saturated carbocycles. The summed E-state index contributed by atoms with van der Waals surface area (Å²) in [6.45, 7) is 8.19. The molecule has 0 bridgehead atoms. The first-order valence-electron chi connectivity index (χ1n) is 9.05. The zero-order valence-electron chi connectivity index (χ0n) is 15.2. The molecule has 5 heteroatoms. The van der Waals surface area contributed by atoms with E-state index in [1.54, 1.807) is 0 Å². The summed E-state index contributed by atoms with van der Waals surface area (Å²) >= 11 is 0. The van der Waals surface area contributed by atoms with Gasteiger partial charge in [-0.15, -0.1) is 0 Å². The van der Waals surface area contributed by atoms with Crippen LogP contribution in [-0.4, -0.2) is 24.2 Å². The van der Waals surface area contributed by atoms with E-state index in [9.17, 15) is 4.79 Å². The Balaban J connectivity index is 1.63. The van der Waals surface area contributed by atoms with Crippen molar-refractivity contribution in [3.63, 3.8) is 0 Å². The molecule has 1 aliphatic carbocycles. The highest BCUT2D eigenvalue weighted by atomic mass is 16.7. The highest BCUT2D eigenvalue weighted by molar-refractivity contribution is 6.62. The van der Waals surface area contributed by atoms with Crippen LogP contribution in [0.2, 0.25) is 0 Å². The Labute approximate surface area is 145 Å². The monoisotopic (exact) mass is 329 g/mol. The normalized spacial score (nSPS) is 23.2. The van der Waals surface area contributed by atoms with Crippen LogP contribution in [0.15, 0.2) is 24.3 Å². The Morgan fingerprint density at radius 3 is 2.08 bits per heavy atom. The highest BCUT2D eigenvalue weighted by Crippen LogP contribution is 2.36. The average Bonchev–Trinajstić information content (AvgIpc) is 2.77. The van der Waals surface area contributed by atoms with Gasteiger partial charge in [0.05, 0.1) is 11.2 Å². The van der Waals surface area contributed by atoms with Crippen LogP contribution in [0.5, 0.6) is 0 Å². The van der Waals surface area contributed by atoms with E-state index in [2.05, 4.69) is 5.32 Å². The average molecular weight is 329 g/mol. The fraction of sp³-hybridized carbons (Fsp3) is 0.632. The van der Waals surface area contributed by atoms with Gasteiger partial charge in [-0.3, -0.25) is 4.79 Å². The highest BCUT2D eigenvalue weighted by Gasteiger charge is 2.51. The van der Waals surface area contributed by atoms with Crippen molar-refractivity contribution in [2.24, 2.45) is 5.92 Å². The summed E-state index contributed by atoms with van der Waals surface area (Å²) in [6, 6.07) is 7.81. The molecule has 0 unspecified atom stereocenters. The lowest BCUT2D eigenvalue weighted by atomic mass is 9.79. The summed E-state index contributed by atoms with van der Waals surface area (Å²) < 4.78 is 12.1. The quantitative estimate of drug-likeness (QED) is 0.864. The van der Waals surface area contributed by atoms with Gasteiger partial charge in [-0.25, -0.2) is 0 Å². The summed E-state index contributed by atoms with van der Waals surface area (Å²) in [5.41, 5.74) is 1.13. The third kappa shape index (κ3) is 3.52. The van der Waals surface area contributed by atoms with E-state index >= 15 is 0 Å². The summed E-state index contributed by atoms with van der Waals surface area (Å²) in [6.07, 6.45) is 5.61. The van der Waals surface area contributed by atoms with Crippen LogP contribution in [0.4, 0.5) is 5.69 Å². The predicted molar refractivity (Wildman–Crippen MR) is 97.4 cm³/mol. The second kappa shape index (κ2) is 6.53. The van der Waals surface area contributed by atoms with Crippen molar-refractivity contribution in [3.05, 3.63) is 24.3 Å². The molecule has 1 amide bonds. The maximum absolute atomic E-state index is 12.3. The Hall–Kier alpha value is -1.33. The number of nitrogens with one attached hydrogen (secondary N) is 1. The van der Waals surface area contributed by atoms with E-state index in [0.29, 0.717) is 0 Å². The first-order valence-corrected chi connectivity index (χ1v) is 9.05. The minimum absolute atomic E-state index is 0.151. The number of carbonyl (C=O) groups excluding carboxylic acids is 1. The first-order chi connectivity index (χ1) is 11.3. The van der Waals surface area contributed by atoms with Crippen LogP contribution in [0.3, 0.4) is 0 Å². The van der Waals surface area contributed by atoms with E-state index < -0.39 is 0 Å². The summed E-state index contributed by atoms with van der Waals surface area (Å²) in [5, 5.41) is 3.04. The Morgan fingerprint density at radius 2 is 1.54 bits per heavy atom. The van der Waals surface area contributed by atoms with Crippen molar-refractivity contribution in [1.29, 1.82) is 0 Å². The van der Waals surface area contributed by atoms with Crippen LogP contribution in [-0.2, 0) is 14.1 Å². The lowest BCUT2D eigenvalue weighted by molar-refractivity contribution is -0.120. The predicted octanol–water partition coefficient (Wildman–Crippen LogP) is 3.50. The number of benzene rings is 1. The van der Waals surface area contributed by atoms with Crippen LogP contribution in [0.1, 0.15) is 59.8 Å². The fourth-order valence-electron chi connectivity index (χ4n) is 3.31. The number of anilines is 1. The second-order valence-electron chi connectivity index (χ2n) is 8.03. The molecule has 3 rings (SSSR count). The van der Waals surface area contributed by atoms with E-state index in [1.807, 2.05) is 52.0 Å². The van der Waals surface area contributed by atoms with E-state index in [-0.39, 0.29) is 30.1 Å². The van der Waals surface area contributed by atoms with E-state index in [0.717, 1.165) is 24.0 Å². The van der Waals surface area contributed by atoms with Gasteiger partial charge in [0.25, 0.3) is 0 Å². The lowest BCUT2D eigenvalue weighted by Crippen LogP contribution is -2.41. The van der Waals surface area contributed by atoms with Gasteiger partial charge in [-0.05, 0) is 58.1 Å². The van der Waals surface area contributed by atoms with Crippen LogP contribution < -0.4 is 10.8 Å². The van der Waals surface area contributed by atoms with Gasteiger partial charge in [-0.2, -0.15) is 0 Å². The molecule has 24 heavy (non-hydrogen) atoms. The Kier molecular flexibility index (Phi) is 4.76. The largest absolute Gasteiger partial charge is 0.494 e. The molecule has 0 radical (unpaired) electrons. The molecule has 0 spiro atoms. The summed E-state index contributed by atoms with van der Waals surface area (Å²) in [4.78, 5) is 12.3. The molecule has 4 nitrogen and oxygen atoms in total. The number of carbonyl (C=O) groups is 1. The van der Waals surface area contributed by atoms with Crippen LogP contribution >= 0.6 is 0 Å². The first kappa shape index (κ1) is 17.5. The molecule has 1 N–H and O–H groups in total. The number of rotatable bonds is 3. The maximum atomic E-state index is 12.3. The Bertz CT molecular complexity index is 575. The molecule has 1 aliphatic heterocycles. The third-order valence-electron chi connectivity index (χ3n) is 5.68. The topological polar surface area (TPSA) is 47.6 Å². The molecule has 0 atom stereocenters. The third-order valence-corrected chi connectivity index (χ3v) is 5.68. The van der Waals surface area contributed by atoms with Crippen molar-refractivity contribution in [2.45, 2.75) is 71.0 Å². The molecular weight excluding hydrogens is 301 g/mol. The molecule has 1 heterocycles. The SMILES string of the molecule is CC1(C)OB(c2ccc(NC(=O)C3CCCCC3)cc2)OC1(C)C. The molecule has 2 aliphatic rings. The number of hydrogen-bond acceptors (Lipinski definition) is 3. The zero-order chi connectivity index (χ0) is 17.4. The minimum atomic E-state index is -0.363. The standard InChI is InChI=1S/C19H28BNO3/c1-18(2)19(3,4)24-20(23-18)15-10-12-16(13-11-15)21-17(22)14-8-6-5-7-9-14/h10-14H,5-9H2,1-4H3,(H,21,22). The van der Waals surface area contributed by atoms with Gasteiger partial charge in [0, 0.05) is 11.6 Å². The number of amides is 1. The van der Waals surface area contributed by atoms with Gasteiger partial charge in [0.15, 0.2) is 0 Å². The molecular formula is C19H28BNO3. The van der Waals surface area contributed by atoms with Crippen molar-refractivity contribution >= 4 is 24.2 Å². The number of hydrogen-bond donors (Lipinski definition) is 1. The lowest BCUT2D eigenvalue weighted by Gasteiger charge is -2.32. The fourth-order valence-corrected chi connectivity index (χ4v) is 3.31. The summed E-state index contributed by atoms with van der Waals surface area (Å²) in [7, 11) is -0.363. The van der Waals surface area contributed by atoms with E-state index in [4.69, 9.17) is 9.31 Å². The van der Waals surface area contributed by atoms with Crippen LogP contribution in [0.25, 0.3) is 0 Å². The smallest absolute Gasteiger partial charge is 0.399 e. The van der Waals surface area contributed by atoms with Crippen molar-refractivity contribution in [3.8, 4) is 0 Å². The Morgan fingerprint density at radius 1 is 1.00 bits per heavy atom. The van der Waals surface area contributed by atoms with Gasteiger partial charge in [0.1, 0.15) is 0 Å². The molecule has 2 fully saturated rings.